The molecule has 0 aliphatic rings. The fourth-order valence-corrected chi connectivity index (χ4v) is 1.94. The van der Waals surface area contributed by atoms with E-state index < -0.39 is 6.09 Å². The number of thiophene rings is 1. The predicted molar refractivity (Wildman–Crippen MR) is 62.6 cm³/mol. The van der Waals surface area contributed by atoms with E-state index in [1.54, 1.807) is 0 Å². The van der Waals surface area contributed by atoms with Crippen LogP contribution in [0.5, 0.6) is 0 Å². The van der Waals surface area contributed by atoms with Crippen LogP contribution in [0.1, 0.15) is 29.4 Å². The zero-order chi connectivity index (χ0) is 12.0. The average molecular weight is 241 g/mol. The lowest BCUT2D eigenvalue weighted by atomic mass is 10.0. The normalized spacial score (nSPS) is 12.1. The first kappa shape index (κ1) is 12.7. The van der Waals surface area contributed by atoms with Crippen molar-refractivity contribution in [1.29, 1.82) is 0 Å². The van der Waals surface area contributed by atoms with Crippen LogP contribution in [0.25, 0.3) is 0 Å². The molecule has 5 heteroatoms. The van der Waals surface area contributed by atoms with Crippen molar-refractivity contribution < 1.29 is 14.3 Å². The van der Waals surface area contributed by atoms with E-state index >= 15 is 0 Å². The van der Waals surface area contributed by atoms with Crippen molar-refractivity contribution in [3.8, 4) is 0 Å². The molecule has 0 saturated carbocycles. The highest BCUT2D eigenvalue weighted by Gasteiger charge is 2.10. The van der Waals surface area contributed by atoms with Gasteiger partial charge in [-0.1, -0.05) is 13.0 Å². The minimum Gasteiger partial charge on any atom is -0.449 e. The number of nitrogens with two attached hydrogens (primary N) is 1. The number of hydrogen-bond acceptors (Lipinski definition) is 4. The van der Waals surface area contributed by atoms with Crippen LogP contribution in [0.4, 0.5) is 4.79 Å². The highest BCUT2D eigenvalue weighted by atomic mass is 32.1. The van der Waals surface area contributed by atoms with Crippen LogP contribution in [-0.4, -0.2) is 18.5 Å². The van der Waals surface area contributed by atoms with Gasteiger partial charge in [-0.05, 0) is 23.8 Å². The molecular formula is C11H15NO3S. The van der Waals surface area contributed by atoms with Crippen molar-refractivity contribution in [1.82, 2.24) is 0 Å². The molecule has 4 nitrogen and oxygen atoms in total. The first-order valence-corrected chi connectivity index (χ1v) is 5.96. The molecule has 0 spiro atoms. The molecule has 2 N–H and O–H groups in total. The average Bonchev–Trinajstić information content (AvgIpc) is 2.76. The highest BCUT2D eigenvalue weighted by molar-refractivity contribution is 7.12. The largest absolute Gasteiger partial charge is 0.449 e. The van der Waals surface area contributed by atoms with Gasteiger partial charge in [0.05, 0.1) is 11.5 Å². The summed E-state index contributed by atoms with van der Waals surface area (Å²) in [7, 11) is 0. The zero-order valence-electron chi connectivity index (χ0n) is 9.14. The second kappa shape index (κ2) is 6.27. The molecule has 0 saturated heterocycles. The monoisotopic (exact) mass is 241 g/mol. The Morgan fingerprint density at radius 2 is 2.31 bits per heavy atom. The van der Waals surface area contributed by atoms with E-state index in [0.717, 1.165) is 4.88 Å². The summed E-state index contributed by atoms with van der Waals surface area (Å²) in [5, 5.41) is 1.88. The van der Waals surface area contributed by atoms with E-state index in [2.05, 4.69) is 4.74 Å². The zero-order valence-corrected chi connectivity index (χ0v) is 9.96. The van der Waals surface area contributed by atoms with Gasteiger partial charge in [-0.2, -0.15) is 0 Å². The number of ketones is 1. The molecule has 0 fully saturated rings. The maximum absolute atomic E-state index is 11.6. The second-order valence-electron chi connectivity index (χ2n) is 3.67. The number of carbonyl (C=O) groups excluding carboxylic acids is 2. The van der Waals surface area contributed by atoms with Crippen molar-refractivity contribution in [3.05, 3.63) is 22.4 Å². The van der Waals surface area contributed by atoms with Gasteiger partial charge in [-0.15, -0.1) is 11.3 Å². The van der Waals surface area contributed by atoms with Crippen LogP contribution in [0, 0.1) is 5.92 Å². The van der Waals surface area contributed by atoms with Gasteiger partial charge in [0.25, 0.3) is 0 Å². The Hall–Kier alpha value is -1.36. The van der Waals surface area contributed by atoms with E-state index in [-0.39, 0.29) is 18.3 Å². The minimum atomic E-state index is -0.767. The molecule has 1 aromatic heterocycles. The fraction of sp³-hybridized carbons (Fsp3) is 0.455. The van der Waals surface area contributed by atoms with Crippen LogP contribution >= 0.6 is 11.3 Å². The molecule has 0 radical (unpaired) electrons. The minimum absolute atomic E-state index is 0.140. The fourth-order valence-electron chi connectivity index (χ4n) is 1.25. The number of Topliss-reactive ketones (excluding diaryl/α,β-unsaturated/α-hetero) is 1. The Morgan fingerprint density at radius 3 is 2.88 bits per heavy atom. The smallest absolute Gasteiger partial charge is 0.404 e. The summed E-state index contributed by atoms with van der Waals surface area (Å²) in [6, 6.07) is 3.68. The molecule has 1 unspecified atom stereocenters. The van der Waals surface area contributed by atoms with Gasteiger partial charge in [0.2, 0.25) is 0 Å². The lowest BCUT2D eigenvalue weighted by Gasteiger charge is -2.09. The van der Waals surface area contributed by atoms with Crippen molar-refractivity contribution >= 4 is 23.2 Å². The topological polar surface area (TPSA) is 69.4 Å². The van der Waals surface area contributed by atoms with Gasteiger partial charge in [0.15, 0.2) is 5.78 Å². The lowest BCUT2D eigenvalue weighted by Crippen LogP contribution is -2.17. The van der Waals surface area contributed by atoms with Crippen LogP contribution < -0.4 is 5.73 Å². The van der Waals surface area contributed by atoms with Crippen LogP contribution in [0.3, 0.4) is 0 Å². The first-order chi connectivity index (χ1) is 7.59. The Bertz CT molecular complexity index is 348. The number of rotatable bonds is 6. The third kappa shape index (κ3) is 4.44. The summed E-state index contributed by atoms with van der Waals surface area (Å²) in [6.45, 7) is 2.19. The van der Waals surface area contributed by atoms with Gasteiger partial charge in [0.1, 0.15) is 0 Å². The quantitative estimate of drug-likeness (QED) is 0.778. The Balaban J connectivity index is 2.24. The van der Waals surface area contributed by atoms with Crippen molar-refractivity contribution in [2.75, 3.05) is 6.61 Å². The van der Waals surface area contributed by atoms with Crippen molar-refractivity contribution in [2.24, 2.45) is 11.7 Å². The van der Waals surface area contributed by atoms with E-state index in [1.165, 1.54) is 11.3 Å². The van der Waals surface area contributed by atoms with Gasteiger partial charge in [0, 0.05) is 6.42 Å². The second-order valence-corrected chi connectivity index (χ2v) is 4.62. The molecule has 16 heavy (non-hydrogen) atoms. The SMILES string of the molecule is CC(CCC(=O)c1cccs1)COC(N)=O. The molecule has 1 heterocycles. The predicted octanol–water partition coefficient (Wildman–Crippen LogP) is 2.44. The Kier molecular flexibility index (Phi) is 4.98. The maximum atomic E-state index is 11.6. The molecular weight excluding hydrogens is 226 g/mol. The summed E-state index contributed by atoms with van der Waals surface area (Å²) in [5.41, 5.74) is 4.85. The highest BCUT2D eigenvalue weighted by Crippen LogP contribution is 2.15. The summed E-state index contributed by atoms with van der Waals surface area (Å²) < 4.78 is 4.66. The van der Waals surface area contributed by atoms with Crippen molar-refractivity contribution in [3.63, 3.8) is 0 Å². The Morgan fingerprint density at radius 1 is 1.56 bits per heavy atom. The first-order valence-electron chi connectivity index (χ1n) is 5.08. The summed E-state index contributed by atoms with van der Waals surface area (Å²) in [4.78, 5) is 22.8. The molecule has 1 aromatic rings. The number of carbonyl (C=O) groups is 2. The summed E-state index contributed by atoms with van der Waals surface area (Å²) in [6.07, 6.45) is 0.407. The van der Waals surface area contributed by atoms with Crippen LogP contribution in [0.15, 0.2) is 17.5 Å². The van der Waals surface area contributed by atoms with E-state index in [9.17, 15) is 9.59 Å². The van der Waals surface area contributed by atoms with Gasteiger partial charge >= 0.3 is 6.09 Å². The van der Waals surface area contributed by atoms with E-state index in [0.29, 0.717) is 12.8 Å². The number of amides is 1. The summed E-state index contributed by atoms with van der Waals surface area (Å²) >= 11 is 1.45. The molecule has 0 bridgehead atoms. The maximum Gasteiger partial charge on any atom is 0.404 e. The lowest BCUT2D eigenvalue weighted by molar-refractivity contribution is 0.0967. The van der Waals surface area contributed by atoms with Gasteiger partial charge in [-0.3, -0.25) is 4.79 Å². The van der Waals surface area contributed by atoms with E-state index in [4.69, 9.17) is 5.73 Å². The molecule has 0 aliphatic heterocycles. The van der Waals surface area contributed by atoms with Crippen LogP contribution in [0.2, 0.25) is 0 Å². The molecule has 0 aromatic carbocycles. The van der Waals surface area contributed by atoms with Gasteiger partial charge in [-0.25, -0.2) is 4.79 Å². The van der Waals surface area contributed by atoms with E-state index in [1.807, 2.05) is 24.4 Å². The third-order valence-electron chi connectivity index (χ3n) is 2.17. The number of ether oxygens (including phenoxy) is 1. The van der Waals surface area contributed by atoms with Crippen LogP contribution in [-0.2, 0) is 4.74 Å². The third-order valence-corrected chi connectivity index (χ3v) is 3.08. The summed E-state index contributed by atoms with van der Waals surface area (Å²) in [5.74, 6) is 0.289. The molecule has 1 amide bonds. The molecule has 1 rings (SSSR count). The number of primary amides is 1. The molecule has 0 aliphatic carbocycles. The standard InChI is InChI=1S/C11H15NO3S/c1-8(7-15-11(12)14)4-5-9(13)10-3-2-6-16-10/h2-3,6,8H,4-5,7H2,1H3,(H2,12,14). The van der Waals surface area contributed by atoms with Crippen molar-refractivity contribution in [2.45, 2.75) is 19.8 Å². The number of hydrogen-bond donors (Lipinski definition) is 1. The molecule has 1 atom stereocenters. The van der Waals surface area contributed by atoms with Gasteiger partial charge < -0.3 is 10.5 Å². The molecule has 88 valence electrons. The Labute approximate surface area is 98.4 Å².